The molecule has 4 rings (SSSR count). The summed E-state index contributed by atoms with van der Waals surface area (Å²) in [6.45, 7) is 0.367. The third-order valence-electron chi connectivity index (χ3n) is 5.07. The third kappa shape index (κ3) is 5.49. The number of ether oxygens (including phenoxy) is 1. The molecule has 2 aromatic carbocycles. The Morgan fingerprint density at radius 3 is 2.42 bits per heavy atom. The lowest BCUT2D eigenvalue weighted by molar-refractivity contribution is -0.274. The Morgan fingerprint density at radius 1 is 1.12 bits per heavy atom. The predicted octanol–water partition coefficient (Wildman–Crippen LogP) is 3.50. The summed E-state index contributed by atoms with van der Waals surface area (Å²) in [6.07, 6.45) is -4.44. The maximum atomic E-state index is 13.1. The van der Waals surface area contributed by atoms with Gasteiger partial charge in [0.25, 0.3) is 0 Å². The van der Waals surface area contributed by atoms with Crippen molar-refractivity contribution in [2.75, 3.05) is 13.6 Å². The number of hydrogen-bond donors (Lipinski definition) is 1. The molecule has 0 spiro atoms. The smallest absolute Gasteiger partial charge is 0.406 e. The summed E-state index contributed by atoms with van der Waals surface area (Å²) < 4.78 is 86.9. The molecule has 2 heterocycles. The highest BCUT2D eigenvalue weighted by Crippen LogP contribution is 2.32. The van der Waals surface area contributed by atoms with Crippen LogP contribution in [0, 0.1) is 5.82 Å². The van der Waals surface area contributed by atoms with Gasteiger partial charge in [-0.25, -0.2) is 17.5 Å². The minimum atomic E-state index is -4.79. The highest BCUT2D eigenvalue weighted by molar-refractivity contribution is 7.89. The lowest BCUT2D eigenvalue weighted by atomic mass is 10.2. The van der Waals surface area contributed by atoms with E-state index in [1.54, 1.807) is 7.05 Å². The highest BCUT2D eigenvalue weighted by Gasteiger charge is 2.37. The van der Waals surface area contributed by atoms with Gasteiger partial charge >= 0.3 is 6.36 Å². The van der Waals surface area contributed by atoms with Crippen molar-refractivity contribution in [1.82, 2.24) is 19.8 Å². The highest BCUT2D eigenvalue weighted by atomic mass is 32.2. The Kier molecular flexibility index (Phi) is 6.12. The van der Waals surface area contributed by atoms with Gasteiger partial charge in [0.15, 0.2) is 0 Å². The lowest BCUT2D eigenvalue weighted by Gasteiger charge is -2.14. The predicted molar refractivity (Wildman–Crippen MR) is 107 cm³/mol. The number of hydrogen-bond acceptors (Lipinski definition) is 7. The summed E-state index contributed by atoms with van der Waals surface area (Å²) >= 11 is 0. The number of nitrogens with zero attached hydrogens (tertiary/aromatic N) is 3. The van der Waals surface area contributed by atoms with Crippen LogP contribution in [-0.4, -0.2) is 49.5 Å². The first kappa shape index (κ1) is 23.1. The number of nitrogens with one attached hydrogen (secondary N) is 1. The second kappa shape index (κ2) is 8.72. The van der Waals surface area contributed by atoms with Gasteiger partial charge in [-0.05, 0) is 62.0 Å². The van der Waals surface area contributed by atoms with Crippen LogP contribution < -0.4 is 9.46 Å². The van der Waals surface area contributed by atoms with Crippen molar-refractivity contribution >= 4 is 10.0 Å². The molecule has 13 heteroatoms. The SMILES string of the molecule is CN1CC(NS(=O)(=O)c2ccc(F)cc2)CC1c1nc(-c2ccc(OC(F)(F)F)cc2)no1. The van der Waals surface area contributed by atoms with Crippen LogP contribution in [0.25, 0.3) is 11.4 Å². The Hall–Kier alpha value is -3.03. The maximum absolute atomic E-state index is 13.1. The zero-order valence-electron chi connectivity index (χ0n) is 17.1. The molecule has 3 aromatic rings. The fourth-order valence-corrected chi connectivity index (χ4v) is 4.81. The van der Waals surface area contributed by atoms with Gasteiger partial charge in [0.2, 0.25) is 21.7 Å². The summed E-state index contributed by atoms with van der Waals surface area (Å²) in [5.41, 5.74) is 0.425. The number of benzene rings is 2. The second-order valence-corrected chi connectivity index (χ2v) is 9.21. The van der Waals surface area contributed by atoms with E-state index < -0.39 is 28.2 Å². The minimum absolute atomic E-state index is 0.0481. The minimum Gasteiger partial charge on any atom is -0.406 e. The molecule has 1 aliphatic heterocycles. The van der Waals surface area contributed by atoms with Crippen LogP contribution >= 0.6 is 0 Å². The molecular weight excluding hydrogens is 468 g/mol. The van der Waals surface area contributed by atoms with Crippen molar-refractivity contribution in [3.8, 4) is 17.1 Å². The molecule has 1 aliphatic rings. The lowest BCUT2D eigenvalue weighted by Crippen LogP contribution is -2.36. The molecular formula is C20H18F4N4O4S. The number of aromatic nitrogens is 2. The molecule has 2 atom stereocenters. The average molecular weight is 486 g/mol. The van der Waals surface area contributed by atoms with E-state index in [-0.39, 0.29) is 28.4 Å². The summed E-state index contributed by atoms with van der Waals surface area (Å²) in [4.78, 5) is 6.11. The number of likely N-dealkylation sites (N-methyl/N-ethyl adjacent to an activating group) is 1. The van der Waals surface area contributed by atoms with Crippen LogP contribution in [0.5, 0.6) is 5.75 Å². The third-order valence-corrected chi connectivity index (χ3v) is 6.60. The quantitative estimate of drug-likeness (QED) is 0.533. The molecule has 0 amide bonds. The van der Waals surface area contributed by atoms with E-state index in [1.165, 1.54) is 24.3 Å². The fourth-order valence-electron chi connectivity index (χ4n) is 3.57. The zero-order valence-corrected chi connectivity index (χ0v) is 17.9. The Balaban J connectivity index is 1.44. The fraction of sp³-hybridized carbons (Fsp3) is 0.300. The number of alkyl halides is 3. The van der Waals surface area contributed by atoms with E-state index in [4.69, 9.17) is 4.52 Å². The molecule has 1 saturated heterocycles. The molecule has 8 nitrogen and oxygen atoms in total. The van der Waals surface area contributed by atoms with Crippen LogP contribution in [0.15, 0.2) is 57.9 Å². The van der Waals surface area contributed by atoms with Gasteiger partial charge in [-0.15, -0.1) is 13.2 Å². The largest absolute Gasteiger partial charge is 0.573 e. The van der Waals surface area contributed by atoms with Crippen molar-refractivity contribution < 1.29 is 35.2 Å². The summed E-state index contributed by atoms with van der Waals surface area (Å²) in [5, 5.41) is 3.88. The Labute approximate surface area is 186 Å². The van der Waals surface area contributed by atoms with Crippen LogP contribution in [0.2, 0.25) is 0 Å². The molecule has 33 heavy (non-hydrogen) atoms. The van der Waals surface area contributed by atoms with Crippen molar-refractivity contribution in [3.05, 3.63) is 60.2 Å². The van der Waals surface area contributed by atoms with Crippen LogP contribution in [-0.2, 0) is 10.0 Å². The Morgan fingerprint density at radius 2 is 1.79 bits per heavy atom. The molecule has 0 aliphatic carbocycles. The van der Waals surface area contributed by atoms with Crippen molar-refractivity contribution in [2.45, 2.75) is 29.8 Å². The number of likely N-dealkylation sites (tertiary alicyclic amines) is 1. The monoisotopic (exact) mass is 486 g/mol. The van der Waals surface area contributed by atoms with E-state index in [2.05, 4.69) is 19.6 Å². The first-order valence-corrected chi connectivity index (χ1v) is 11.2. The van der Waals surface area contributed by atoms with Gasteiger partial charge < -0.3 is 9.26 Å². The number of sulfonamides is 1. The first-order valence-electron chi connectivity index (χ1n) is 9.68. The summed E-state index contributed by atoms with van der Waals surface area (Å²) in [5.74, 6) is -0.495. The number of rotatable bonds is 6. The van der Waals surface area contributed by atoms with E-state index in [1.807, 2.05) is 4.90 Å². The van der Waals surface area contributed by atoms with E-state index in [0.717, 1.165) is 24.3 Å². The molecule has 0 radical (unpaired) electrons. The first-order chi connectivity index (χ1) is 15.5. The van der Waals surface area contributed by atoms with Crippen molar-refractivity contribution in [2.24, 2.45) is 0 Å². The van der Waals surface area contributed by atoms with Crippen LogP contribution in [0.1, 0.15) is 18.4 Å². The van der Waals surface area contributed by atoms with E-state index in [9.17, 15) is 26.0 Å². The summed E-state index contributed by atoms with van der Waals surface area (Å²) in [7, 11) is -2.08. The molecule has 176 valence electrons. The van der Waals surface area contributed by atoms with Gasteiger partial charge in [-0.3, -0.25) is 4.90 Å². The van der Waals surface area contributed by atoms with Crippen molar-refractivity contribution in [3.63, 3.8) is 0 Å². The molecule has 0 bridgehead atoms. The molecule has 0 saturated carbocycles. The van der Waals surface area contributed by atoms with E-state index >= 15 is 0 Å². The van der Waals surface area contributed by atoms with Gasteiger partial charge in [0.05, 0.1) is 10.9 Å². The molecule has 1 fully saturated rings. The van der Waals surface area contributed by atoms with Gasteiger partial charge in [0, 0.05) is 18.2 Å². The average Bonchev–Trinajstić information content (AvgIpc) is 3.34. The normalized spacial score (nSPS) is 19.7. The topological polar surface area (TPSA) is 97.6 Å². The molecule has 1 aromatic heterocycles. The second-order valence-electron chi connectivity index (χ2n) is 7.49. The van der Waals surface area contributed by atoms with Gasteiger partial charge in [-0.1, -0.05) is 5.16 Å². The molecule has 2 unspecified atom stereocenters. The van der Waals surface area contributed by atoms with Crippen molar-refractivity contribution in [1.29, 1.82) is 0 Å². The maximum Gasteiger partial charge on any atom is 0.573 e. The van der Waals surface area contributed by atoms with Gasteiger partial charge in [-0.2, -0.15) is 4.98 Å². The van der Waals surface area contributed by atoms with E-state index in [0.29, 0.717) is 18.5 Å². The number of halogens is 4. The van der Waals surface area contributed by atoms with Gasteiger partial charge in [0.1, 0.15) is 11.6 Å². The summed E-state index contributed by atoms with van der Waals surface area (Å²) in [6, 6.07) is 8.69. The van der Waals surface area contributed by atoms with Crippen LogP contribution in [0.3, 0.4) is 0 Å². The Bertz CT molecular complexity index is 1210. The standard InChI is InChI=1S/C20H18F4N4O4S/c1-28-11-14(27-33(29,30)16-8-4-13(21)5-9-16)10-17(28)19-25-18(26-32-19)12-2-6-15(7-3-12)31-20(22,23)24/h2-9,14,17,27H,10-11H2,1H3. The zero-order chi connectivity index (χ0) is 23.8. The van der Waals surface area contributed by atoms with Crippen LogP contribution in [0.4, 0.5) is 17.6 Å². The molecule has 1 N–H and O–H groups in total.